The number of halogens is 1. The van der Waals surface area contributed by atoms with E-state index in [1.165, 1.54) is 0 Å². The molecule has 1 fully saturated rings. The summed E-state index contributed by atoms with van der Waals surface area (Å²) in [5.41, 5.74) is 1.06. The molecule has 1 N–H and O–H groups in total. The van der Waals surface area contributed by atoms with Crippen molar-refractivity contribution in [2.75, 3.05) is 33.3 Å². The molecule has 0 atom stereocenters. The maximum atomic E-state index is 5.20. The van der Waals surface area contributed by atoms with Crippen LogP contribution in [0.2, 0.25) is 0 Å². The van der Waals surface area contributed by atoms with E-state index in [-0.39, 0.29) is 0 Å². The summed E-state index contributed by atoms with van der Waals surface area (Å²) in [7, 11) is 1.68. The van der Waals surface area contributed by atoms with Crippen LogP contribution >= 0.6 is 27.3 Å². The van der Waals surface area contributed by atoms with Crippen molar-refractivity contribution in [2.24, 2.45) is 4.99 Å². The van der Waals surface area contributed by atoms with E-state index >= 15 is 0 Å². The van der Waals surface area contributed by atoms with Crippen LogP contribution in [0.25, 0.3) is 0 Å². The molecule has 0 aromatic carbocycles. The third-order valence-electron chi connectivity index (χ3n) is 3.56. The summed E-state index contributed by atoms with van der Waals surface area (Å²) in [5, 5.41) is 3.37. The van der Waals surface area contributed by atoms with E-state index in [1.54, 1.807) is 18.4 Å². The molecule has 0 amide bonds. The van der Waals surface area contributed by atoms with Crippen LogP contribution in [0.4, 0.5) is 5.82 Å². The first-order valence-electron chi connectivity index (χ1n) is 7.53. The second-order valence-electron chi connectivity index (χ2n) is 5.33. The Bertz CT molecular complexity index is 708. The predicted molar refractivity (Wildman–Crippen MR) is 94.6 cm³/mol. The Balaban J connectivity index is 1.80. The number of nitrogens with one attached hydrogen (secondary N) is 1. The summed E-state index contributed by atoms with van der Waals surface area (Å²) in [5.74, 6) is 0.733. The molecule has 2 aromatic rings. The van der Waals surface area contributed by atoms with Crippen molar-refractivity contribution in [1.82, 2.24) is 19.8 Å². The molecule has 6 nitrogen and oxygen atoms in total. The van der Waals surface area contributed by atoms with Crippen molar-refractivity contribution in [3.8, 4) is 0 Å². The molecule has 1 saturated heterocycles. The Morgan fingerprint density at radius 2 is 2.22 bits per heavy atom. The Hall–Kier alpha value is -1.06. The van der Waals surface area contributed by atoms with Crippen molar-refractivity contribution in [3.63, 3.8) is 0 Å². The molecule has 0 saturated carbocycles. The van der Waals surface area contributed by atoms with E-state index in [4.69, 9.17) is 4.74 Å². The van der Waals surface area contributed by atoms with Crippen molar-refractivity contribution < 1.29 is 4.74 Å². The molecule has 0 unspecified atom stereocenters. The van der Waals surface area contributed by atoms with E-state index in [9.17, 15) is 0 Å². The number of nitrogens with zero attached hydrogens (tertiary/aromatic N) is 4. The van der Waals surface area contributed by atoms with Crippen molar-refractivity contribution in [2.45, 2.75) is 13.3 Å². The number of piperazine rings is 1. The lowest BCUT2D eigenvalue weighted by atomic mass is 10.3. The average molecular weight is 398 g/mol. The maximum absolute atomic E-state index is 5.20. The van der Waals surface area contributed by atoms with Gasteiger partial charge in [0, 0.05) is 46.0 Å². The number of pyridine rings is 1. The first kappa shape index (κ1) is 16.8. The summed E-state index contributed by atoms with van der Waals surface area (Å²) < 4.78 is 8.18. The minimum atomic E-state index is 0.474. The zero-order valence-electron chi connectivity index (χ0n) is 13.0. The fourth-order valence-electron chi connectivity index (χ4n) is 2.48. The molecule has 1 aliphatic heterocycles. The van der Waals surface area contributed by atoms with Gasteiger partial charge in [0.05, 0.1) is 9.48 Å². The van der Waals surface area contributed by atoms with Crippen LogP contribution in [0.15, 0.2) is 33.2 Å². The highest BCUT2D eigenvalue weighted by molar-refractivity contribution is 9.11. The summed E-state index contributed by atoms with van der Waals surface area (Å²) >= 11 is 5.06. The lowest BCUT2D eigenvalue weighted by Crippen LogP contribution is -2.43. The largest absolute Gasteiger partial charge is 0.364 e. The van der Waals surface area contributed by atoms with Gasteiger partial charge in [-0.25, -0.2) is 9.98 Å². The SMILES string of the molecule is COCn1cc(Br)sc1=Nc1cccc(CN2CCNCC2)n1. The fraction of sp³-hybridized carbons (Fsp3) is 0.467. The van der Waals surface area contributed by atoms with E-state index in [1.807, 2.05) is 22.9 Å². The summed E-state index contributed by atoms with van der Waals surface area (Å²) in [6.45, 7) is 5.57. The summed E-state index contributed by atoms with van der Waals surface area (Å²) in [6.07, 6.45) is 1.97. The third kappa shape index (κ3) is 4.71. The zero-order chi connectivity index (χ0) is 16.1. The number of aromatic nitrogens is 2. The number of hydrogen-bond acceptors (Lipinski definition) is 6. The van der Waals surface area contributed by atoms with E-state index in [0.29, 0.717) is 6.73 Å². The van der Waals surface area contributed by atoms with Crippen LogP contribution in [0, 0.1) is 0 Å². The average Bonchev–Trinajstić information content (AvgIpc) is 2.88. The van der Waals surface area contributed by atoms with Crippen molar-refractivity contribution in [1.29, 1.82) is 0 Å². The normalized spacial score (nSPS) is 16.9. The molecular formula is C15H20BrN5OS. The number of ether oxygens (including phenoxy) is 1. The van der Waals surface area contributed by atoms with Gasteiger partial charge >= 0.3 is 0 Å². The van der Waals surface area contributed by atoms with Gasteiger partial charge in [0.25, 0.3) is 0 Å². The van der Waals surface area contributed by atoms with Crippen molar-refractivity contribution >= 4 is 33.1 Å². The Morgan fingerprint density at radius 1 is 1.39 bits per heavy atom. The van der Waals surface area contributed by atoms with Crippen LogP contribution in [-0.2, 0) is 18.0 Å². The smallest absolute Gasteiger partial charge is 0.194 e. The van der Waals surface area contributed by atoms with E-state index < -0.39 is 0 Å². The van der Waals surface area contributed by atoms with Gasteiger partial charge < -0.3 is 10.1 Å². The van der Waals surface area contributed by atoms with Gasteiger partial charge in [-0.2, -0.15) is 0 Å². The fourth-order valence-corrected chi connectivity index (χ4v) is 3.88. The number of thiazole rings is 1. The van der Waals surface area contributed by atoms with Crippen LogP contribution in [0.1, 0.15) is 5.69 Å². The van der Waals surface area contributed by atoms with Crippen LogP contribution in [0.3, 0.4) is 0 Å². The highest BCUT2D eigenvalue weighted by atomic mass is 79.9. The van der Waals surface area contributed by atoms with Gasteiger partial charge in [0.2, 0.25) is 0 Å². The monoisotopic (exact) mass is 397 g/mol. The first-order chi connectivity index (χ1) is 11.2. The first-order valence-corrected chi connectivity index (χ1v) is 9.14. The van der Waals surface area contributed by atoms with Crippen LogP contribution < -0.4 is 10.1 Å². The molecule has 8 heteroatoms. The molecule has 3 heterocycles. The molecule has 1 aliphatic rings. The second-order valence-corrected chi connectivity index (χ2v) is 7.72. The van der Waals surface area contributed by atoms with Gasteiger partial charge in [0.15, 0.2) is 10.6 Å². The molecule has 0 radical (unpaired) electrons. The van der Waals surface area contributed by atoms with Gasteiger partial charge in [-0.3, -0.25) is 9.47 Å². The molecular weight excluding hydrogens is 378 g/mol. The van der Waals surface area contributed by atoms with Crippen LogP contribution in [0.5, 0.6) is 0 Å². The standard InChI is InChI=1S/C15H20BrN5OS/c1-22-11-21-10-13(16)23-15(21)19-14-4-2-3-12(18-14)9-20-7-5-17-6-8-20/h2-4,10,17H,5-9,11H2,1H3. The Kier molecular flexibility index (Phi) is 5.96. The molecule has 3 rings (SSSR count). The predicted octanol–water partition coefficient (Wildman–Crippen LogP) is 1.95. The van der Waals surface area contributed by atoms with Gasteiger partial charge in [-0.15, -0.1) is 0 Å². The Labute approximate surface area is 148 Å². The number of rotatable bonds is 5. The Morgan fingerprint density at radius 3 is 3.00 bits per heavy atom. The van der Waals surface area contributed by atoms with Gasteiger partial charge in [-0.1, -0.05) is 17.4 Å². The zero-order valence-corrected chi connectivity index (χ0v) is 15.4. The lowest BCUT2D eigenvalue weighted by molar-refractivity contribution is 0.129. The summed E-state index contributed by atoms with van der Waals surface area (Å²) in [6, 6.07) is 6.02. The molecule has 0 spiro atoms. The number of hydrogen-bond donors (Lipinski definition) is 1. The molecule has 124 valence electrons. The second kappa shape index (κ2) is 8.16. The molecule has 0 aliphatic carbocycles. The molecule has 2 aromatic heterocycles. The van der Waals surface area contributed by atoms with Crippen molar-refractivity contribution in [3.05, 3.63) is 38.7 Å². The van der Waals surface area contributed by atoms with E-state index in [2.05, 4.69) is 42.2 Å². The molecule has 23 heavy (non-hydrogen) atoms. The third-order valence-corrected chi connectivity index (χ3v) is 5.06. The van der Waals surface area contributed by atoms with Crippen LogP contribution in [-0.4, -0.2) is 47.7 Å². The van der Waals surface area contributed by atoms with Gasteiger partial charge in [-0.05, 0) is 28.1 Å². The number of methoxy groups -OCH3 is 1. The maximum Gasteiger partial charge on any atom is 0.194 e. The highest BCUT2D eigenvalue weighted by Gasteiger charge is 2.10. The summed E-state index contributed by atoms with van der Waals surface area (Å²) in [4.78, 5) is 12.6. The molecule has 0 bridgehead atoms. The quantitative estimate of drug-likeness (QED) is 0.837. The van der Waals surface area contributed by atoms with Gasteiger partial charge in [0.1, 0.15) is 6.73 Å². The van der Waals surface area contributed by atoms with E-state index in [0.717, 1.165) is 52.8 Å². The topological polar surface area (TPSA) is 54.7 Å². The lowest BCUT2D eigenvalue weighted by Gasteiger charge is -2.26. The highest BCUT2D eigenvalue weighted by Crippen LogP contribution is 2.15. The minimum absolute atomic E-state index is 0.474. The minimum Gasteiger partial charge on any atom is -0.364 e.